The summed E-state index contributed by atoms with van der Waals surface area (Å²) in [4.78, 5) is 15.4. The highest BCUT2D eigenvalue weighted by molar-refractivity contribution is 7.92. The highest BCUT2D eigenvalue weighted by atomic mass is 35.5. The van der Waals surface area contributed by atoms with Gasteiger partial charge in [0.1, 0.15) is 11.5 Å². The molecule has 3 aromatic carbocycles. The molecular weight excluding hydrogens is 514 g/mol. The fourth-order valence-corrected chi connectivity index (χ4v) is 5.68. The fraction of sp³-hybridized carbons (Fsp3) is 0.296. The minimum atomic E-state index is -4.00. The molecule has 1 atom stereocenters. The van der Waals surface area contributed by atoms with Crippen molar-refractivity contribution in [2.45, 2.75) is 23.8 Å². The maximum atomic E-state index is 13.1. The fourth-order valence-electron chi connectivity index (χ4n) is 4.40. The van der Waals surface area contributed by atoms with Crippen molar-refractivity contribution in [3.05, 3.63) is 82.9 Å². The van der Waals surface area contributed by atoms with Gasteiger partial charge in [-0.05, 0) is 80.0 Å². The number of anilines is 1. The van der Waals surface area contributed by atoms with Crippen LogP contribution >= 0.6 is 11.6 Å². The van der Waals surface area contributed by atoms with Gasteiger partial charge in [-0.15, -0.1) is 0 Å². The average Bonchev–Trinajstić information content (AvgIpc) is 3.44. The SMILES string of the molecule is COc1ccc([C@@H](CNC(=O)c2cccc(S(=O)(=O)Nc3cc(Cl)ccc3OC)c2)N2CCCC2)cc1. The van der Waals surface area contributed by atoms with Crippen LogP contribution < -0.4 is 19.5 Å². The van der Waals surface area contributed by atoms with E-state index in [9.17, 15) is 13.2 Å². The van der Waals surface area contributed by atoms with Crippen LogP contribution in [0, 0.1) is 0 Å². The first-order valence-electron chi connectivity index (χ1n) is 11.9. The van der Waals surface area contributed by atoms with Gasteiger partial charge in [0.2, 0.25) is 0 Å². The van der Waals surface area contributed by atoms with Gasteiger partial charge >= 0.3 is 0 Å². The Bertz CT molecular complexity index is 1340. The molecule has 1 heterocycles. The number of nitrogens with zero attached hydrogens (tertiary/aromatic N) is 1. The van der Waals surface area contributed by atoms with E-state index >= 15 is 0 Å². The van der Waals surface area contributed by atoms with Gasteiger partial charge in [-0.3, -0.25) is 14.4 Å². The van der Waals surface area contributed by atoms with Crippen LogP contribution in [0.3, 0.4) is 0 Å². The molecule has 0 unspecified atom stereocenters. The smallest absolute Gasteiger partial charge is 0.262 e. The van der Waals surface area contributed by atoms with E-state index in [1.54, 1.807) is 31.4 Å². The monoisotopic (exact) mass is 543 g/mol. The van der Waals surface area contributed by atoms with Gasteiger partial charge in [-0.2, -0.15) is 0 Å². The van der Waals surface area contributed by atoms with Gasteiger partial charge in [0.15, 0.2) is 0 Å². The van der Waals surface area contributed by atoms with Crippen molar-refractivity contribution in [1.82, 2.24) is 10.2 Å². The molecule has 4 rings (SSSR count). The Morgan fingerprint density at radius 3 is 2.41 bits per heavy atom. The number of methoxy groups -OCH3 is 2. The Labute approximate surface area is 222 Å². The Balaban J connectivity index is 1.50. The molecular formula is C27H30ClN3O5S. The molecule has 0 bridgehead atoms. The van der Waals surface area contributed by atoms with Gasteiger partial charge in [-0.25, -0.2) is 8.42 Å². The molecule has 196 valence electrons. The topological polar surface area (TPSA) is 97.0 Å². The zero-order valence-corrected chi connectivity index (χ0v) is 22.3. The molecule has 0 spiro atoms. The first-order chi connectivity index (χ1) is 17.8. The van der Waals surface area contributed by atoms with E-state index in [1.807, 2.05) is 24.3 Å². The summed E-state index contributed by atoms with van der Waals surface area (Å²) in [6.07, 6.45) is 2.23. The maximum Gasteiger partial charge on any atom is 0.262 e. The summed E-state index contributed by atoms with van der Waals surface area (Å²) in [5.41, 5.74) is 1.53. The number of hydrogen-bond donors (Lipinski definition) is 2. The lowest BCUT2D eigenvalue weighted by molar-refractivity contribution is 0.0937. The van der Waals surface area contributed by atoms with E-state index < -0.39 is 10.0 Å². The summed E-state index contributed by atoms with van der Waals surface area (Å²) >= 11 is 6.03. The minimum Gasteiger partial charge on any atom is -0.497 e. The molecule has 2 N–H and O–H groups in total. The van der Waals surface area contributed by atoms with Crippen molar-refractivity contribution in [3.63, 3.8) is 0 Å². The van der Waals surface area contributed by atoms with Crippen LogP contribution in [-0.4, -0.2) is 53.1 Å². The number of carbonyl (C=O) groups excluding carboxylic acids is 1. The van der Waals surface area contributed by atoms with E-state index in [4.69, 9.17) is 21.1 Å². The number of rotatable bonds is 10. The number of carbonyl (C=O) groups is 1. The number of sulfonamides is 1. The summed E-state index contributed by atoms with van der Waals surface area (Å²) in [5, 5.41) is 3.35. The van der Waals surface area contributed by atoms with E-state index in [2.05, 4.69) is 14.9 Å². The molecule has 8 nitrogen and oxygen atoms in total. The molecule has 0 radical (unpaired) electrons. The van der Waals surface area contributed by atoms with Crippen LogP contribution in [0.4, 0.5) is 5.69 Å². The Morgan fingerprint density at radius 1 is 1.00 bits per heavy atom. The molecule has 1 saturated heterocycles. The van der Waals surface area contributed by atoms with E-state index in [0.717, 1.165) is 37.2 Å². The lowest BCUT2D eigenvalue weighted by Gasteiger charge is -2.28. The van der Waals surface area contributed by atoms with Crippen LogP contribution in [0.15, 0.2) is 71.6 Å². The predicted octanol–water partition coefficient (Wildman–Crippen LogP) is 4.72. The third kappa shape index (κ3) is 6.54. The zero-order chi connectivity index (χ0) is 26.4. The first-order valence-corrected chi connectivity index (χ1v) is 13.8. The van der Waals surface area contributed by atoms with Crippen LogP contribution in [0.2, 0.25) is 5.02 Å². The molecule has 1 aliphatic heterocycles. The third-order valence-electron chi connectivity index (χ3n) is 6.35. The van der Waals surface area contributed by atoms with Gasteiger partial charge in [0.25, 0.3) is 15.9 Å². The largest absolute Gasteiger partial charge is 0.497 e. The van der Waals surface area contributed by atoms with Crippen LogP contribution in [0.1, 0.15) is 34.8 Å². The molecule has 0 saturated carbocycles. The van der Waals surface area contributed by atoms with Crippen molar-refractivity contribution >= 4 is 33.2 Å². The highest BCUT2D eigenvalue weighted by Crippen LogP contribution is 2.30. The maximum absolute atomic E-state index is 13.1. The Hall–Kier alpha value is -3.27. The van der Waals surface area contributed by atoms with Crippen molar-refractivity contribution in [2.24, 2.45) is 0 Å². The number of halogens is 1. The first kappa shape index (κ1) is 26.8. The predicted molar refractivity (Wildman–Crippen MR) is 144 cm³/mol. The third-order valence-corrected chi connectivity index (χ3v) is 7.95. The normalized spacial score (nSPS) is 14.7. The minimum absolute atomic E-state index is 0.00114. The number of nitrogens with one attached hydrogen (secondary N) is 2. The van der Waals surface area contributed by atoms with E-state index in [-0.39, 0.29) is 28.1 Å². The number of hydrogen-bond acceptors (Lipinski definition) is 6. The lowest BCUT2D eigenvalue weighted by atomic mass is 10.0. The Morgan fingerprint density at radius 2 is 1.73 bits per heavy atom. The van der Waals surface area contributed by atoms with Gasteiger partial charge < -0.3 is 14.8 Å². The van der Waals surface area contributed by atoms with Crippen molar-refractivity contribution in [2.75, 3.05) is 38.6 Å². The van der Waals surface area contributed by atoms with Crippen molar-refractivity contribution in [1.29, 1.82) is 0 Å². The van der Waals surface area contributed by atoms with Crippen molar-refractivity contribution in [3.8, 4) is 11.5 Å². The number of amides is 1. The second-order valence-corrected chi connectivity index (χ2v) is 10.8. The van der Waals surface area contributed by atoms with Gasteiger partial charge in [0, 0.05) is 17.1 Å². The van der Waals surface area contributed by atoms with Gasteiger partial charge in [-0.1, -0.05) is 29.8 Å². The van der Waals surface area contributed by atoms with Gasteiger partial charge in [0.05, 0.1) is 30.8 Å². The summed E-state index contributed by atoms with van der Waals surface area (Å²) < 4.78 is 39.1. The molecule has 37 heavy (non-hydrogen) atoms. The molecule has 0 aliphatic carbocycles. The van der Waals surface area contributed by atoms with Crippen LogP contribution in [0.25, 0.3) is 0 Å². The highest BCUT2D eigenvalue weighted by Gasteiger charge is 2.25. The van der Waals surface area contributed by atoms with Crippen LogP contribution in [0.5, 0.6) is 11.5 Å². The molecule has 1 aliphatic rings. The van der Waals surface area contributed by atoms with E-state index in [0.29, 0.717) is 17.3 Å². The summed E-state index contributed by atoms with van der Waals surface area (Å²) in [7, 11) is -0.936. The zero-order valence-electron chi connectivity index (χ0n) is 20.7. The van der Waals surface area contributed by atoms with E-state index in [1.165, 1.54) is 25.3 Å². The standard InChI is InChI=1S/C27H30ClN3O5S/c1-35-22-11-8-19(9-12-22)25(31-14-3-4-15-31)18-29-27(32)20-6-5-7-23(16-20)37(33,34)30-24-17-21(28)10-13-26(24)36-2/h5-13,16-17,25,30H,3-4,14-15,18H2,1-2H3,(H,29,32)/t25-/m1/s1. The number of benzene rings is 3. The summed E-state index contributed by atoms with van der Waals surface area (Å²) in [6, 6.07) is 18.4. The second kappa shape index (κ2) is 11.9. The molecule has 10 heteroatoms. The molecule has 1 fully saturated rings. The summed E-state index contributed by atoms with van der Waals surface area (Å²) in [6.45, 7) is 2.30. The summed E-state index contributed by atoms with van der Waals surface area (Å²) in [5.74, 6) is 0.749. The number of likely N-dealkylation sites (tertiary alicyclic amines) is 1. The Kier molecular flexibility index (Phi) is 8.58. The van der Waals surface area contributed by atoms with Crippen molar-refractivity contribution < 1.29 is 22.7 Å². The lowest BCUT2D eigenvalue weighted by Crippen LogP contribution is -2.36. The second-order valence-electron chi connectivity index (χ2n) is 8.72. The number of ether oxygens (including phenoxy) is 2. The quantitative estimate of drug-likeness (QED) is 0.384. The van der Waals surface area contributed by atoms with Crippen LogP contribution in [-0.2, 0) is 10.0 Å². The molecule has 0 aromatic heterocycles. The molecule has 1 amide bonds. The average molecular weight is 544 g/mol. The molecule has 3 aromatic rings.